The van der Waals surface area contributed by atoms with Crippen LogP contribution in [0, 0.1) is 11.3 Å². The highest BCUT2D eigenvalue weighted by Gasteiger charge is 2.02. The van der Waals surface area contributed by atoms with E-state index in [0.717, 1.165) is 10.0 Å². The summed E-state index contributed by atoms with van der Waals surface area (Å²) in [7, 11) is 0. The average molecular weight is 275 g/mol. The Kier molecular flexibility index (Phi) is 2.88. The van der Waals surface area contributed by atoms with E-state index in [4.69, 9.17) is 5.26 Å². The van der Waals surface area contributed by atoms with Crippen molar-refractivity contribution in [3.8, 4) is 17.3 Å². The second kappa shape index (κ2) is 4.33. The molecule has 0 saturated carbocycles. The number of rotatable bonds is 1. The van der Waals surface area contributed by atoms with E-state index in [0.29, 0.717) is 5.69 Å². The molecule has 0 bridgehead atoms. The number of nitrogens with zero attached hydrogens (tertiary/aromatic N) is 1. The van der Waals surface area contributed by atoms with E-state index in [1.807, 2.05) is 30.3 Å². The molecule has 1 heterocycles. The number of benzene rings is 1. The first-order valence-corrected chi connectivity index (χ1v) is 5.39. The van der Waals surface area contributed by atoms with Crippen molar-refractivity contribution in [2.24, 2.45) is 0 Å². The molecular weight excluding hydrogens is 268 g/mol. The fraction of sp³-hybridized carbons (Fsp3) is 0. The molecule has 0 saturated heterocycles. The lowest BCUT2D eigenvalue weighted by Gasteiger charge is -2.01. The van der Waals surface area contributed by atoms with Gasteiger partial charge in [-0.25, -0.2) is 0 Å². The minimum Gasteiger partial charge on any atom is -0.321 e. The molecular formula is C12H7BrN2O. The molecule has 0 amide bonds. The van der Waals surface area contributed by atoms with Gasteiger partial charge in [-0.3, -0.25) is 4.79 Å². The van der Waals surface area contributed by atoms with Crippen LogP contribution < -0.4 is 5.56 Å². The number of aromatic amines is 1. The lowest BCUT2D eigenvalue weighted by molar-refractivity contribution is 1.22. The summed E-state index contributed by atoms with van der Waals surface area (Å²) in [6, 6.07) is 12.7. The Morgan fingerprint density at radius 3 is 2.69 bits per heavy atom. The number of nitrogens with one attached hydrogen (secondary N) is 1. The predicted molar refractivity (Wildman–Crippen MR) is 64.9 cm³/mol. The van der Waals surface area contributed by atoms with Gasteiger partial charge in [0.2, 0.25) is 0 Å². The highest BCUT2D eigenvalue weighted by molar-refractivity contribution is 9.10. The Hall–Kier alpha value is -1.86. The van der Waals surface area contributed by atoms with E-state index < -0.39 is 0 Å². The van der Waals surface area contributed by atoms with E-state index in [1.165, 1.54) is 6.07 Å². The van der Waals surface area contributed by atoms with Crippen LogP contribution in [0.5, 0.6) is 0 Å². The quantitative estimate of drug-likeness (QED) is 0.869. The van der Waals surface area contributed by atoms with E-state index in [2.05, 4.69) is 20.9 Å². The fourth-order valence-corrected chi connectivity index (χ4v) is 1.79. The first-order chi connectivity index (χ1) is 7.70. The minimum atomic E-state index is -0.361. The van der Waals surface area contributed by atoms with E-state index in [-0.39, 0.29) is 11.1 Å². The third-order valence-electron chi connectivity index (χ3n) is 2.17. The van der Waals surface area contributed by atoms with Crippen LogP contribution >= 0.6 is 15.9 Å². The Bertz CT molecular complexity index is 625. The molecule has 16 heavy (non-hydrogen) atoms. The van der Waals surface area contributed by atoms with E-state index >= 15 is 0 Å². The molecule has 0 spiro atoms. The van der Waals surface area contributed by atoms with Gasteiger partial charge in [0.1, 0.15) is 11.6 Å². The SMILES string of the molecule is N#Cc1ccc(-c2cccc(Br)c2)[nH]c1=O. The summed E-state index contributed by atoms with van der Waals surface area (Å²) < 4.78 is 0.940. The largest absolute Gasteiger partial charge is 0.321 e. The Morgan fingerprint density at radius 2 is 2.06 bits per heavy atom. The molecule has 0 atom stereocenters. The van der Waals surface area contributed by atoms with Crippen LogP contribution in [0.15, 0.2) is 45.7 Å². The highest BCUT2D eigenvalue weighted by Crippen LogP contribution is 2.20. The molecule has 0 unspecified atom stereocenters. The van der Waals surface area contributed by atoms with Gasteiger partial charge in [-0.2, -0.15) is 5.26 Å². The molecule has 3 nitrogen and oxygen atoms in total. The number of halogens is 1. The van der Waals surface area contributed by atoms with Crippen molar-refractivity contribution in [2.45, 2.75) is 0 Å². The molecule has 0 fully saturated rings. The van der Waals surface area contributed by atoms with Crippen molar-refractivity contribution < 1.29 is 0 Å². The number of H-pyrrole nitrogens is 1. The molecule has 0 aliphatic carbocycles. The topological polar surface area (TPSA) is 56.6 Å². The molecule has 0 aliphatic heterocycles. The van der Waals surface area contributed by atoms with Gasteiger partial charge in [0.25, 0.3) is 5.56 Å². The van der Waals surface area contributed by atoms with E-state index in [9.17, 15) is 4.79 Å². The van der Waals surface area contributed by atoms with E-state index in [1.54, 1.807) is 6.07 Å². The fourth-order valence-electron chi connectivity index (χ4n) is 1.39. The van der Waals surface area contributed by atoms with Crippen LogP contribution in [0.1, 0.15) is 5.56 Å². The average Bonchev–Trinajstić information content (AvgIpc) is 2.29. The molecule has 1 aromatic heterocycles. The van der Waals surface area contributed by atoms with Gasteiger partial charge < -0.3 is 4.98 Å². The zero-order chi connectivity index (χ0) is 11.5. The molecule has 1 N–H and O–H groups in total. The molecule has 0 aliphatic rings. The summed E-state index contributed by atoms with van der Waals surface area (Å²) in [6.07, 6.45) is 0. The van der Waals surface area contributed by atoms with Crippen LogP contribution in [-0.4, -0.2) is 4.98 Å². The van der Waals surface area contributed by atoms with Crippen LogP contribution in [0.2, 0.25) is 0 Å². The van der Waals surface area contributed by atoms with Crippen LogP contribution in [0.25, 0.3) is 11.3 Å². The first-order valence-electron chi connectivity index (χ1n) is 4.60. The molecule has 4 heteroatoms. The summed E-state index contributed by atoms with van der Waals surface area (Å²) in [5.41, 5.74) is 1.36. The van der Waals surface area contributed by atoms with Gasteiger partial charge in [-0.05, 0) is 29.8 Å². The predicted octanol–water partition coefficient (Wildman–Crippen LogP) is 2.68. The Morgan fingerprint density at radius 1 is 1.25 bits per heavy atom. The number of aromatic nitrogens is 1. The van der Waals surface area contributed by atoms with Crippen LogP contribution in [-0.2, 0) is 0 Å². The van der Waals surface area contributed by atoms with Crippen LogP contribution in [0.4, 0.5) is 0 Å². The Labute approximate surface area is 100 Å². The number of pyridine rings is 1. The monoisotopic (exact) mass is 274 g/mol. The van der Waals surface area contributed by atoms with Gasteiger partial charge in [0.15, 0.2) is 0 Å². The molecule has 2 aromatic rings. The minimum absolute atomic E-state index is 0.124. The van der Waals surface area contributed by atoms with Crippen molar-refractivity contribution >= 4 is 15.9 Å². The third kappa shape index (κ3) is 2.05. The van der Waals surface area contributed by atoms with Crippen LogP contribution in [0.3, 0.4) is 0 Å². The first kappa shape index (κ1) is 10.7. The number of hydrogen-bond donors (Lipinski definition) is 1. The molecule has 78 valence electrons. The standard InChI is InChI=1S/C12H7BrN2O/c13-10-3-1-2-8(6-10)11-5-4-9(7-14)12(16)15-11/h1-6H,(H,15,16). The summed E-state index contributed by atoms with van der Waals surface area (Å²) in [6.45, 7) is 0. The van der Waals surface area contributed by atoms with Gasteiger partial charge >= 0.3 is 0 Å². The van der Waals surface area contributed by atoms with Crippen molar-refractivity contribution in [2.75, 3.05) is 0 Å². The second-order valence-electron chi connectivity index (χ2n) is 3.24. The summed E-state index contributed by atoms with van der Waals surface area (Å²) >= 11 is 3.36. The highest BCUT2D eigenvalue weighted by atomic mass is 79.9. The second-order valence-corrected chi connectivity index (χ2v) is 4.15. The van der Waals surface area contributed by atoms with Crippen molar-refractivity contribution in [1.82, 2.24) is 4.98 Å². The normalized spacial score (nSPS) is 9.75. The van der Waals surface area contributed by atoms with Crippen molar-refractivity contribution in [3.63, 3.8) is 0 Å². The van der Waals surface area contributed by atoms with Crippen molar-refractivity contribution in [1.29, 1.82) is 5.26 Å². The maximum Gasteiger partial charge on any atom is 0.266 e. The number of nitriles is 1. The smallest absolute Gasteiger partial charge is 0.266 e. The molecule has 0 radical (unpaired) electrons. The van der Waals surface area contributed by atoms with Crippen molar-refractivity contribution in [3.05, 3.63) is 56.8 Å². The third-order valence-corrected chi connectivity index (χ3v) is 2.66. The number of hydrogen-bond acceptors (Lipinski definition) is 2. The van der Waals surface area contributed by atoms with Gasteiger partial charge in [-0.15, -0.1) is 0 Å². The summed E-state index contributed by atoms with van der Waals surface area (Å²) in [5, 5.41) is 8.65. The zero-order valence-corrected chi connectivity index (χ0v) is 9.78. The molecule has 2 rings (SSSR count). The molecule has 1 aromatic carbocycles. The Balaban J connectivity index is 2.55. The van der Waals surface area contributed by atoms with Gasteiger partial charge in [-0.1, -0.05) is 28.1 Å². The zero-order valence-electron chi connectivity index (χ0n) is 8.20. The lowest BCUT2D eigenvalue weighted by Crippen LogP contribution is -2.09. The lowest BCUT2D eigenvalue weighted by atomic mass is 10.1. The summed E-state index contributed by atoms with van der Waals surface area (Å²) in [5.74, 6) is 0. The summed E-state index contributed by atoms with van der Waals surface area (Å²) in [4.78, 5) is 14.1. The van der Waals surface area contributed by atoms with Gasteiger partial charge in [0, 0.05) is 10.2 Å². The maximum atomic E-state index is 11.4. The maximum absolute atomic E-state index is 11.4. The van der Waals surface area contributed by atoms with Gasteiger partial charge in [0.05, 0.1) is 0 Å².